The van der Waals surface area contributed by atoms with E-state index >= 15 is 0 Å². The molecule has 0 aliphatic rings. The zero-order valence-electron chi connectivity index (χ0n) is 11.4. The number of nitrogens with one attached hydrogen (secondary N) is 2. The third kappa shape index (κ3) is 6.75. The molecule has 2 amide bonds. The van der Waals surface area contributed by atoms with Crippen LogP contribution in [0.3, 0.4) is 0 Å². The van der Waals surface area contributed by atoms with Crippen LogP contribution in [0.15, 0.2) is 35.2 Å². The summed E-state index contributed by atoms with van der Waals surface area (Å²) < 4.78 is 23.8. The largest absolute Gasteiger partial charge is 0.481 e. The lowest BCUT2D eigenvalue weighted by molar-refractivity contribution is -0.137. The molecule has 0 aliphatic heterocycles. The number of sulfone groups is 1. The summed E-state index contributed by atoms with van der Waals surface area (Å²) in [6.45, 7) is 0.214. The monoisotopic (exact) mass is 314 g/mol. The summed E-state index contributed by atoms with van der Waals surface area (Å²) in [5, 5.41) is 13.3. The van der Waals surface area contributed by atoms with Crippen LogP contribution < -0.4 is 10.6 Å². The molecule has 0 fully saturated rings. The van der Waals surface area contributed by atoms with Crippen LogP contribution in [-0.4, -0.2) is 44.4 Å². The number of aliphatic carboxylic acids is 1. The number of hydrogen-bond donors (Lipinski definition) is 3. The van der Waals surface area contributed by atoms with Crippen molar-refractivity contribution in [1.82, 2.24) is 10.6 Å². The fourth-order valence-electron chi connectivity index (χ4n) is 1.55. The number of hydrogen-bond acceptors (Lipinski definition) is 4. The first-order valence-electron chi connectivity index (χ1n) is 6.43. The highest BCUT2D eigenvalue weighted by atomic mass is 32.2. The molecule has 0 aliphatic carbocycles. The fraction of sp³-hybridized carbons (Fsp3) is 0.385. The van der Waals surface area contributed by atoms with Crippen LogP contribution in [0.2, 0.25) is 0 Å². The van der Waals surface area contributed by atoms with Crippen LogP contribution in [0.5, 0.6) is 0 Å². The lowest BCUT2D eigenvalue weighted by Crippen LogP contribution is -2.38. The molecule has 1 rings (SSSR count). The van der Waals surface area contributed by atoms with Crippen molar-refractivity contribution in [3.63, 3.8) is 0 Å². The molecule has 0 radical (unpaired) electrons. The summed E-state index contributed by atoms with van der Waals surface area (Å²) in [5.41, 5.74) is 0. The van der Waals surface area contributed by atoms with E-state index < -0.39 is 21.8 Å². The highest BCUT2D eigenvalue weighted by Crippen LogP contribution is 2.09. The van der Waals surface area contributed by atoms with Gasteiger partial charge in [0.15, 0.2) is 9.84 Å². The Balaban J connectivity index is 2.27. The van der Waals surface area contributed by atoms with Crippen LogP contribution >= 0.6 is 0 Å². The topological polar surface area (TPSA) is 113 Å². The van der Waals surface area contributed by atoms with Gasteiger partial charge in [-0.15, -0.1) is 0 Å². The maximum absolute atomic E-state index is 11.9. The zero-order chi connectivity index (χ0) is 15.7. The molecule has 0 heterocycles. The Labute approximate surface area is 123 Å². The molecule has 0 unspecified atom stereocenters. The first-order chi connectivity index (χ1) is 9.92. The van der Waals surface area contributed by atoms with Gasteiger partial charge in [-0.05, 0) is 18.6 Å². The van der Waals surface area contributed by atoms with Crippen molar-refractivity contribution in [2.45, 2.75) is 17.7 Å². The van der Waals surface area contributed by atoms with E-state index in [1.165, 1.54) is 12.1 Å². The molecule has 0 aromatic heterocycles. The molecule has 0 bridgehead atoms. The van der Waals surface area contributed by atoms with Crippen molar-refractivity contribution in [2.24, 2.45) is 0 Å². The number of carbonyl (C=O) groups excluding carboxylic acids is 1. The average molecular weight is 314 g/mol. The Kier molecular flexibility index (Phi) is 6.67. The molecular weight excluding hydrogens is 296 g/mol. The Hall–Kier alpha value is -2.09. The van der Waals surface area contributed by atoms with E-state index in [0.717, 1.165) is 0 Å². The third-order valence-electron chi connectivity index (χ3n) is 2.61. The van der Waals surface area contributed by atoms with E-state index in [-0.39, 0.29) is 30.2 Å². The van der Waals surface area contributed by atoms with Crippen LogP contribution in [0, 0.1) is 0 Å². The Morgan fingerprint density at radius 2 is 1.67 bits per heavy atom. The number of carbonyl (C=O) groups is 2. The number of carboxylic acids is 1. The summed E-state index contributed by atoms with van der Waals surface area (Å²) >= 11 is 0. The van der Waals surface area contributed by atoms with Gasteiger partial charge < -0.3 is 15.7 Å². The second kappa shape index (κ2) is 8.25. The van der Waals surface area contributed by atoms with E-state index in [0.29, 0.717) is 6.42 Å². The van der Waals surface area contributed by atoms with Crippen molar-refractivity contribution in [3.05, 3.63) is 30.3 Å². The second-order valence-corrected chi connectivity index (χ2v) is 6.42. The predicted molar refractivity (Wildman–Crippen MR) is 76.8 cm³/mol. The molecule has 0 saturated heterocycles. The van der Waals surface area contributed by atoms with Crippen molar-refractivity contribution in [3.8, 4) is 0 Å². The van der Waals surface area contributed by atoms with Gasteiger partial charge in [0.2, 0.25) is 0 Å². The third-order valence-corrected chi connectivity index (χ3v) is 4.34. The van der Waals surface area contributed by atoms with E-state index in [1.54, 1.807) is 18.2 Å². The van der Waals surface area contributed by atoms with Crippen molar-refractivity contribution >= 4 is 21.8 Å². The summed E-state index contributed by atoms with van der Waals surface area (Å²) in [6.07, 6.45) is 0.299. The minimum Gasteiger partial charge on any atom is -0.481 e. The maximum atomic E-state index is 11.9. The number of urea groups is 1. The molecule has 0 atom stereocenters. The number of amides is 2. The minimum absolute atomic E-state index is 0.0119. The van der Waals surface area contributed by atoms with E-state index in [4.69, 9.17) is 5.11 Å². The summed E-state index contributed by atoms with van der Waals surface area (Å²) in [7, 11) is -3.41. The van der Waals surface area contributed by atoms with Gasteiger partial charge in [-0.2, -0.15) is 0 Å². The fourth-order valence-corrected chi connectivity index (χ4v) is 2.73. The highest BCUT2D eigenvalue weighted by Gasteiger charge is 2.13. The quantitative estimate of drug-likeness (QED) is 0.609. The lowest BCUT2D eigenvalue weighted by atomic mass is 10.3. The van der Waals surface area contributed by atoms with Gasteiger partial charge in [-0.3, -0.25) is 4.79 Å². The van der Waals surface area contributed by atoms with Gasteiger partial charge >= 0.3 is 12.0 Å². The van der Waals surface area contributed by atoms with Gasteiger partial charge in [-0.1, -0.05) is 18.2 Å². The molecule has 3 N–H and O–H groups in total. The highest BCUT2D eigenvalue weighted by molar-refractivity contribution is 7.91. The Bertz CT molecular complexity index is 571. The van der Waals surface area contributed by atoms with Gasteiger partial charge in [0.1, 0.15) is 0 Å². The summed E-state index contributed by atoms with van der Waals surface area (Å²) in [5.74, 6) is -1.12. The zero-order valence-corrected chi connectivity index (χ0v) is 12.2. The SMILES string of the molecule is O=C(O)CCCNC(=O)NCCS(=O)(=O)c1ccccc1. The summed E-state index contributed by atoms with van der Waals surface area (Å²) in [6, 6.07) is 7.48. The molecule has 0 spiro atoms. The van der Waals surface area contributed by atoms with Gasteiger partial charge in [0.05, 0.1) is 10.6 Å². The second-order valence-electron chi connectivity index (χ2n) is 4.31. The number of carboxylic acid groups (broad SMARTS) is 1. The number of rotatable bonds is 8. The summed E-state index contributed by atoms with van der Waals surface area (Å²) in [4.78, 5) is 21.8. The van der Waals surface area contributed by atoms with Crippen LogP contribution in [-0.2, 0) is 14.6 Å². The normalized spacial score (nSPS) is 10.9. The molecular formula is C13H18N2O5S. The molecule has 1 aromatic carbocycles. The van der Waals surface area contributed by atoms with Crippen LogP contribution in [0.4, 0.5) is 4.79 Å². The lowest BCUT2D eigenvalue weighted by Gasteiger charge is -2.08. The van der Waals surface area contributed by atoms with E-state index in [1.807, 2.05) is 0 Å². The van der Waals surface area contributed by atoms with Crippen molar-refractivity contribution in [2.75, 3.05) is 18.8 Å². The minimum atomic E-state index is -3.41. The van der Waals surface area contributed by atoms with Crippen LogP contribution in [0.25, 0.3) is 0 Å². The molecule has 0 saturated carbocycles. The predicted octanol–water partition coefficient (Wildman–Crippen LogP) is 0.624. The molecule has 7 nitrogen and oxygen atoms in total. The average Bonchev–Trinajstić information content (AvgIpc) is 2.44. The molecule has 116 valence electrons. The van der Waals surface area contributed by atoms with E-state index in [2.05, 4.69) is 10.6 Å². The van der Waals surface area contributed by atoms with Gasteiger partial charge in [0, 0.05) is 19.5 Å². The van der Waals surface area contributed by atoms with Gasteiger partial charge in [-0.25, -0.2) is 13.2 Å². The molecule has 8 heteroatoms. The first kappa shape index (κ1) is 17.0. The van der Waals surface area contributed by atoms with Crippen molar-refractivity contribution < 1.29 is 23.1 Å². The molecule has 1 aromatic rings. The van der Waals surface area contributed by atoms with Crippen molar-refractivity contribution in [1.29, 1.82) is 0 Å². The standard InChI is InChI=1S/C13H18N2O5S/c16-12(17)7-4-8-14-13(18)15-9-10-21(19,20)11-5-2-1-3-6-11/h1-3,5-6H,4,7-10H2,(H,16,17)(H2,14,15,18). The maximum Gasteiger partial charge on any atom is 0.314 e. The van der Waals surface area contributed by atoms with E-state index in [9.17, 15) is 18.0 Å². The first-order valence-corrected chi connectivity index (χ1v) is 8.08. The Morgan fingerprint density at radius 3 is 2.29 bits per heavy atom. The Morgan fingerprint density at radius 1 is 1.05 bits per heavy atom. The smallest absolute Gasteiger partial charge is 0.314 e. The molecule has 21 heavy (non-hydrogen) atoms. The number of benzene rings is 1. The van der Waals surface area contributed by atoms with Crippen LogP contribution in [0.1, 0.15) is 12.8 Å². The van der Waals surface area contributed by atoms with Gasteiger partial charge in [0.25, 0.3) is 0 Å².